The van der Waals surface area contributed by atoms with Gasteiger partial charge in [-0.25, -0.2) is 17.2 Å². The molecule has 0 amide bonds. The summed E-state index contributed by atoms with van der Waals surface area (Å²) in [6, 6.07) is 2.94. The van der Waals surface area contributed by atoms with Gasteiger partial charge in [0.1, 0.15) is 11.6 Å². The largest absolute Gasteiger partial charge is 0.280 e. The van der Waals surface area contributed by atoms with Gasteiger partial charge in [0.15, 0.2) is 0 Å². The van der Waals surface area contributed by atoms with Crippen molar-refractivity contribution in [3.63, 3.8) is 0 Å². The monoisotopic (exact) mass is 303 g/mol. The minimum atomic E-state index is -3.41. The summed E-state index contributed by atoms with van der Waals surface area (Å²) in [7, 11) is -3.41. The van der Waals surface area contributed by atoms with Crippen LogP contribution >= 0.6 is 0 Å². The quantitative estimate of drug-likeness (QED) is 0.923. The van der Waals surface area contributed by atoms with Crippen LogP contribution in [0.5, 0.6) is 0 Å². The first kappa shape index (κ1) is 15.3. The first-order valence-corrected chi connectivity index (χ1v) is 8.18. The van der Waals surface area contributed by atoms with Crippen molar-refractivity contribution in [2.45, 2.75) is 25.0 Å². The third-order valence-electron chi connectivity index (χ3n) is 3.36. The Morgan fingerprint density at radius 2 is 2.15 bits per heavy atom. The van der Waals surface area contributed by atoms with E-state index in [1.807, 2.05) is 0 Å². The Morgan fingerprint density at radius 3 is 2.80 bits per heavy atom. The minimum absolute atomic E-state index is 0.242. The number of nitrogens with zero attached hydrogens (tertiary/aromatic N) is 1. The van der Waals surface area contributed by atoms with Crippen LogP contribution in [0.4, 0.5) is 8.78 Å². The third kappa shape index (κ3) is 3.53. The fraction of sp³-hybridized carbons (Fsp3) is 0.462. The fourth-order valence-corrected chi connectivity index (χ4v) is 3.21. The zero-order valence-corrected chi connectivity index (χ0v) is 12.0. The van der Waals surface area contributed by atoms with Crippen LogP contribution in [0.25, 0.3) is 0 Å². The molecule has 0 spiro atoms. The van der Waals surface area contributed by atoms with Crippen molar-refractivity contribution in [3.8, 4) is 0 Å². The fourth-order valence-electron chi connectivity index (χ4n) is 2.58. The van der Waals surface area contributed by atoms with Gasteiger partial charge in [-0.3, -0.25) is 4.90 Å². The predicted molar refractivity (Wildman–Crippen MR) is 72.2 cm³/mol. The van der Waals surface area contributed by atoms with E-state index in [-0.39, 0.29) is 11.6 Å². The molecule has 20 heavy (non-hydrogen) atoms. The van der Waals surface area contributed by atoms with Crippen molar-refractivity contribution >= 4 is 10.0 Å². The third-order valence-corrected chi connectivity index (χ3v) is 4.06. The first-order chi connectivity index (χ1) is 9.28. The van der Waals surface area contributed by atoms with Gasteiger partial charge >= 0.3 is 0 Å². The van der Waals surface area contributed by atoms with E-state index in [0.717, 1.165) is 30.9 Å². The van der Waals surface area contributed by atoms with Crippen molar-refractivity contribution in [2.24, 2.45) is 0 Å². The van der Waals surface area contributed by atoms with Crippen LogP contribution in [-0.4, -0.2) is 32.3 Å². The lowest BCUT2D eigenvalue weighted by Gasteiger charge is -2.31. The molecule has 1 aliphatic rings. The molecule has 0 aromatic heterocycles. The molecule has 1 saturated heterocycles. The van der Waals surface area contributed by atoms with Crippen molar-refractivity contribution in [1.82, 2.24) is 9.62 Å². The SMILES string of the molecule is [CH2]C(NS(C)(=O)=O)N1CCC[C@@H]1c1cc(F)ccc1F. The Kier molecular flexibility index (Phi) is 4.41. The molecule has 1 N–H and O–H groups in total. The number of likely N-dealkylation sites (tertiary alicyclic amines) is 1. The van der Waals surface area contributed by atoms with Crippen LogP contribution in [0.15, 0.2) is 18.2 Å². The summed E-state index contributed by atoms with van der Waals surface area (Å²) in [5.41, 5.74) is 0.242. The number of nitrogens with one attached hydrogen (secondary N) is 1. The maximum Gasteiger partial charge on any atom is 0.210 e. The second kappa shape index (κ2) is 5.75. The van der Waals surface area contributed by atoms with Crippen molar-refractivity contribution in [2.75, 3.05) is 12.8 Å². The van der Waals surface area contributed by atoms with E-state index in [1.54, 1.807) is 4.90 Å². The molecular formula is C13H17F2N2O2S. The van der Waals surface area contributed by atoms with Crippen molar-refractivity contribution < 1.29 is 17.2 Å². The molecule has 4 nitrogen and oxygen atoms in total. The van der Waals surface area contributed by atoms with Crippen LogP contribution in [0.1, 0.15) is 24.4 Å². The summed E-state index contributed by atoms with van der Waals surface area (Å²) in [5.74, 6) is -1.00. The smallest absolute Gasteiger partial charge is 0.210 e. The normalized spacial score (nSPS) is 22.1. The van der Waals surface area contributed by atoms with E-state index in [0.29, 0.717) is 13.0 Å². The summed E-state index contributed by atoms with van der Waals surface area (Å²) < 4.78 is 52.0. The molecule has 1 fully saturated rings. The van der Waals surface area contributed by atoms with E-state index >= 15 is 0 Å². The van der Waals surface area contributed by atoms with Gasteiger partial charge in [0.25, 0.3) is 0 Å². The number of sulfonamides is 1. The average Bonchev–Trinajstić information content (AvgIpc) is 2.79. The number of benzene rings is 1. The summed E-state index contributed by atoms with van der Waals surface area (Å²) in [5, 5.41) is 0. The van der Waals surface area contributed by atoms with E-state index in [1.165, 1.54) is 0 Å². The molecule has 1 aliphatic heterocycles. The highest BCUT2D eigenvalue weighted by molar-refractivity contribution is 7.88. The Balaban J connectivity index is 2.25. The molecule has 1 aromatic carbocycles. The predicted octanol–water partition coefficient (Wildman–Crippen LogP) is 1.81. The summed E-state index contributed by atoms with van der Waals surface area (Å²) >= 11 is 0. The second-order valence-corrected chi connectivity index (χ2v) is 6.75. The van der Waals surface area contributed by atoms with Crippen LogP contribution in [0, 0.1) is 18.6 Å². The highest BCUT2D eigenvalue weighted by atomic mass is 32.2. The lowest BCUT2D eigenvalue weighted by atomic mass is 10.0. The molecule has 1 radical (unpaired) electrons. The van der Waals surface area contributed by atoms with Gasteiger partial charge in [-0.15, -0.1) is 0 Å². The molecule has 1 aromatic rings. The van der Waals surface area contributed by atoms with Crippen LogP contribution in [-0.2, 0) is 10.0 Å². The van der Waals surface area contributed by atoms with Gasteiger partial charge in [0.05, 0.1) is 12.4 Å². The van der Waals surface area contributed by atoms with Crippen LogP contribution in [0.3, 0.4) is 0 Å². The number of hydrogen-bond donors (Lipinski definition) is 1. The zero-order chi connectivity index (χ0) is 14.9. The molecule has 0 aliphatic carbocycles. The number of rotatable bonds is 4. The maximum atomic E-state index is 13.8. The van der Waals surface area contributed by atoms with Gasteiger partial charge in [0, 0.05) is 18.2 Å². The van der Waals surface area contributed by atoms with Crippen molar-refractivity contribution in [3.05, 3.63) is 42.3 Å². The molecular weight excluding hydrogens is 286 g/mol. The number of hydrogen-bond acceptors (Lipinski definition) is 3. The van der Waals surface area contributed by atoms with E-state index in [2.05, 4.69) is 11.6 Å². The molecule has 0 saturated carbocycles. The van der Waals surface area contributed by atoms with Crippen LogP contribution < -0.4 is 4.72 Å². The number of halogens is 2. The van der Waals surface area contributed by atoms with Gasteiger partial charge in [0.2, 0.25) is 10.0 Å². The van der Waals surface area contributed by atoms with E-state index < -0.39 is 27.8 Å². The minimum Gasteiger partial charge on any atom is -0.280 e. The Morgan fingerprint density at radius 1 is 1.45 bits per heavy atom. The Labute approximate surface area is 117 Å². The standard InChI is InChI=1S/C13H17F2N2O2S/c1-9(16-20(2,18)19)17-7-3-4-13(17)11-8-10(14)5-6-12(11)15/h5-6,8-9,13,16H,1,3-4,7H2,2H3/t9?,13-/m1/s1. The molecule has 2 atom stereocenters. The zero-order valence-electron chi connectivity index (χ0n) is 11.1. The highest BCUT2D eigenvalue weighted by Crippen LogP contribution is 2.34. The molecule has 1 unspecified atom stereocenters. The van der Waals surface area contributed by atoms with Gasteiger partial charge in [-0.2, -0.15) is 4.72 Å². The van der Waals surface area contributed by atoms with Crippen molar-refractivity contribution in [1.29, 1.82) is 0 Å². The van der Waals surface area contributed by atoms with E-state index in [4.69, 9.17) is 0 Å². The first-order valence-electron chi connectivity index (χ1n) is 6.29. The highest BCUT2D eigenvalue weighted by Gasteiger charge is 2.32. The maximum absolute atomic E-state index is 13.8. The van der Waals surface area contributed by atoms with Gasteiger partial charge in [-0.05, 0) is 38.0 Å². The Bertz CT molecular complexity index is 592. The molecule has 0 bridgehead atoms. The summed E-state index contributed by atoms with van der Waals surface area (Å²) in [6.45, 7) is 4.33. The lowest BCUT2D eigenvalue weighted by molar-refractivity contribution is 0.198. The summed E-state index contributed by atoms with van der Waals surface area (Å²) in [6.07, 6.45) is 1.75. The summed E-state index contributed by atoms with van der Waals surface area (Å²) in [4.78, 5) is 1.74. The van der Waals surface area contributed by atoms with Crippen LogP contribution in [0.2, 0.25) is 0 Å². The average molecular weight is 303 g/mol. The molecule has 1 heterocycles. The topological polar surface area (TPSA) is 49.4 Å². The van der Waals surface area contributed by atoms with E-state index in [9.17, 15) is 17.2 Å². The lowest BCUT2D eigenvalue weighted by Crippen LogP contribution is -2.45. The molecule has 2 rings (SSSR count). The Hall–Kier alpha value is -1.05. The second-order valence-electron chi connectivity index (χ2n) is 4.97. The van der Waals surface area contributed by atoms with Gasteiger partial charge < -0.3 is 0 Å². The molecule has 7 heteroatoms. The molecule has 111 valence electrons. The van der Waals surface area contributed by atoms with Gasteiger partial charge in [-0.1, -0.05) is 0 Å².